The third-order valence-corrected chi connectivity index (χ3v) is 2.49. The van der Waals surface area contributed by atoms with Crippen LogP contribution in [-0.2, 0) is 19.0 Å². The van der Waals surface area contributed by atoms with E-state index in [-0.39, 0.29) is 19.2 Å². The minimum absolute atomic E-state index is 0.0363. The molecule has 0 bridgehead atoms. The number of hydrogen-bond acceptors (Lipinski definition) is 5. The molecule has 0 unspecified atom stereocenters. The molecule has 5 heteroatoms. The Balaban J connectivity index is 1.90. The minimum atomic E-state index is -0.309. The molecule has 0 amide bonds. The molecular formula is C11H20O5. The van der Waals surface area contributed by atoms with Gasteiger partial charge in [0, 0.05) is 6.61 Å². The Morgan fingerprint density at radius 1 is 1.31 bits per heavy atom. The number of ether oxygens (including phenoxy) is 3. The molecule has 0 spiro atoms. The first-order valence-corrected chi connectivity index (χ1v) is 5.69. The SMILES string of the molecule is CCOC(=O)COC[C@@H]1C[C@@H]1COCCO. The first kappa shape index (κ1) is 13.4. The van der Waals surface area contributed by atoms with Gasteiger partial charge in [-0.1, -0.05) is 0 Å². The molecule has 0 aromatic rings. The average molecular weight is 232 g/mol. The Morgan fingerprint density at radius 2 is 2.00 bits per heavy atom. The standard InChI is InChI=1S/C11H20O5/c1-2-16-11(13)8-15-7-10-5-9(10)6-14-4-3-12/h9-10,12H,2-8H2,1H3/t9-,10+/m1/s1. The zero-order valence-electron chi connectivity index (χ0n) is 9.68. The van der Waals surface area contributed by atoms with E-state index in [1.807, 2.05) is 0 Å². The third kappa shape index (κ3) is 5.44. The molecule has 94 valence electrons. The highest BCUT2D eigenvalue weighted by Crippen LogP contribution is 2.38. The molecule has 1 aliphatic rings. The number of carbonyl (C=O) groups is 1. The van der Waals surface area contributed by atoms with Crippen LogP contribution >= 0.6 is 0 Å². The maximum atomic E-state index is 10.9. The number of hydrogen-bond donors (Lipinski definition) is 1. The van der Waals surface area contributed by atoms with Crippen molar-refractivity contribution in [1.29, 1.82) is 0 Å². The molecule has 1 fully saturated rings. The van der Waals surface area contributed by atoms with Gasteiger partial charge in [0.1, 0.15) is 6.61 Å². The topological polar surface area (TPSA) is 65.0 Å². The van der Waals surface area contributed by atoms with Crippen LogP contribution in [0.3, 0.4) is 0 Å². The van der Waals surface area contributed by atoms with E-state index in [1.165, 1.54) is 0 Å². The van der Waals surface area contributed by atoms with E-state index < -0.39 is 0 Å². The highest BCUT2D eigenvalue weighted by Gasteiger charge is 2.37. The number of aliphatic hydroxyl groups is 1. The lowest BCUT2D eigenvalue weighted by Crippen LogP contribution is -2.14. The fraction of sp³-hybridized carbons (Fsp3) is 0.909. The molecule has 0 aromatic heterocycles. The second kappa shape index (κ2) is 7.60. The van der Waals surface area contributed by atoms with E-state index in [9.17, 15) is 4.79 Å². The summed E-state index contributed by atoms with van der Waals surface area (Å²) in [6.07, 6.45) is 1.08. The smallest absolute Gasteiger partial charge is 0.332 e. The maximum absolute atomic E-state index is 10.9. The maximum Gasteiger partial charge on any atom is 0.332 e. The molecule has 1 N–H and O–H groups in total. The predicted molar refractivity (Wildman–Crippen MR) is 57.0 cm³/mol. The van der Waals surface area contributed by atoms with E-state index in [4.69, 9.17) is 19.3 Å². The fourth-order valence-electron chi connectivity index (χ4n) is 1.51. The summed E-state index contributed by atoms with van der Waals surface area (Å²) in [5.74, 6) is 0.707. The average Bonchev–Trinajstić information content (AvgIpc) is 2.98. The van der Waals surface area contributed by atoms with Gasteiger partial charge < -0.3 is 19.3 Å². The lowest BCUT2D eigenvalue weighted by molar-refractivity contribution is -0.148. The van der Waals surface area contributed by atoms with Gasteiger partial charge in [-0.2, -0.15) is 0 Å². The predicted octanol–water partition coefficient (Wildman–Crippen LogP) is 0.211. The van der Waals surface area contributed by atoms with Gasteiger partial charge in [-0.25, -0.2) is 4.79 Å². The second-order valence-electron chi connectivity index (χ2n) is 3.87. The summed E-state index contributed by atoms with van der Waals surface area (Å²) in [7, 11) is 0. The Bertz CT molecular complexity index is 207. The van der Waals surface area contributed by atoms with E-state index >= 15 is 0 Å². The van der Waals surface area contributed by atoms with Crippen LogP contribution < -0.4 is 0 Å². The fourth-order valence-corrected chi connectivity index (χ4v) is 1.51. The quantitative estimate of drug-likeness (QED) is 0.455. The first-order valence-electron chi connectivity index (χ1n) is 5.69. The Labute approximate surface area is 95.7 Å². The Morgan fingerprint density at radius 3 is 2.62 bits per heavy atom. The van der Waals surface area contributed by atoms with Gasteiger partial charge in [0.25, 0.3) is 0 Å². The summed E-state index contributed by atoms with van der Waals surface area (Å²) >= 11 is 0. The second-order valence-corrected chi connectivity index (χ2v) is 3.87. The summed E-state index contributed by atoms with van der Waals surface area (Å²) in [6.45, 7) is 3.93. The lowest BCUT2D eigenvalue weighted by Gasteiger charge is -2.04. The molecule has 1 rings (SSSR count). The highest BCUT2D eigenvalue weighted by atomic mass is 16.6. The molecular weight excluding hydrogens is 212 g/mol. The van der Waals surface area contributed by atoms with Crippen LogP contribution in [0.5, 0.6) is 0 Å². The molecule has 0 aliphatic heterocycles. The zero-order chi connectivity index (χ0) is 11.8. The molecule has 0 aromatic carbocycles. The molecule has 2 atom stereocenters. The van der Waals surface area contributed by atoms with Crippen molar-refractivity contribution in [3.05, 3.63) is 0 Å². The summed E-state index contributed by atoms with van der Waals surface area (Å²) in [4.78, 5) is 10.9. The molecule has 16 heavy (non-hydrogen) atoms. The van der Waals surface area contributed by atoms with E-state index in [2.05, 4.69) is 0 Å². The summed E-state index contributed by atoms with van der Waals surface area (Å²) in [6, 6.07) is 0. The van der Waals surface area contributed by atoms with Crippen molar-refractivity contribution in [2.24, 2.45) is 11.8 Å². The van der Waals surface area contributed by atoms with Gasteiger partial charge in [0.2, 0.25) is 0 Å². The number of esters is 1. The largest absolute Gasteiger partial charge is 0.464 e. The van der Waals surface area contributed by atoms with Crippen LogP contribution in [0.25, 0.3) is 0 Å². The van der Waals surface area contributed by atoms with Gasteiger partial charge in [-0.3, -0.25) is 0 Å². The van der Waals surface area contributed by atoms with Crippen LogP contribution in [0.15, 0.2) is 0 Å². The van der Waals surface area contributed by atoms with Crippen molar-refractivity contribution in [2.75, 3.05) is 39.6 Å². The van der Waals surface area contributed by atoms with Crippen LogP contribution in [0.1, 0.15) is 13.3 Å². The van der Waals surface area contributed by atoms with Gasteiger partial charge >= 0.3 is 5.97 Å². The minimum Gasteiger partial charge on any atom is -0.464 e. The van der Waals surface area contributed by atoms with Gasteiger partial charge in [-0.05, 0) is 25.2 Å². The van der Waals surface area contributed by atoms with E-state index in [1.54, 1.807) is 6.92 Å². The number of rotatable bonds is 9. The lowest BCUT2D eigenvalue weighted by atomic mass is 10.3. The summed E-state index contributed by atoms with van der Waals surface area (Å²) in [5.41, 5.74) is 0. The highest BCUT2D eigenvalue weighted by molar-refractivity contribution is 5.70. The van der Waals surface area contributed by atoms with Crippen LogP contribution in [-0.4, -0.2) is 50.7 Å². The van der Waals surface area contributed by atoms with Crippen LogP contribution in [0.4, 0.5) is 0 Å². The van der Waals surface area contributed by atoms with Crippen molar-refractivity contribution in [2.45, 2.75) is 13.3 Å². The normalized spacial score (nSPS) is 23.1. The van der Waals surface area contributed by atoms with Gasteiger partial charge in [-0.15, -0.1) is 0 Å². The molecule has 0 heterocycles. The monoisotopic (exact) mass is 232 g/mol. The third-order valence-electron chi connectivity index (χ3n) is 2.49. The Kier molecular flexibility index (Phi) is 6.37. The van der Waals surface area contributed by atoms with Crippen LogP contribution in [0.2, 0.25) is 0 Å². The molecule has 0 radical (unpaired) electrons. The van der Waals surface area contributed by atoms with Crippen LogP contribution in [0, 0.1) is 11.8 Å². The van der Waals surface area contributed by atoms with Crippen molar-refractivity contribution in [3.8, 4) is 0 Å². The van der Waals surface area contributed by atoms with E-state index in [0.29, 0.717) is 38.3 Å². The number of aliphatic hydroxyl groups excluding tert-OH is 1. The van der Waals surface area contributed by atoms with Crippen molar-refractivity contribution < 1.29 is 24.1 Å². The zero-order valence-corrected chi connectivity index (χ0v) is 9.68. The van der Waals surface area contributed by atoms with Gasteiger partial charge in [0.05, 0.1) is 26.4 Å². The summed E-state index contributed by atoms with van der Waals surface area (Å²) in [5, 5.41) is 8.52. The van der Waals surface area contributed by atoms with E-state index in [0.717, 1.165) is 6.42 Å². The summed E-state index contributed by atoms with van der Waals surface area (Å²) < 4.78 is 15.2. The first-order chi connectivity index (χ1) is 7.77. The molecule has 1 saturated carbocycles. The Hall–Kier alpha value is -0.650. The van der Waals surface area contributed by atoms with Crippen molar-refractivity contribution >= 4 is 5.97 Å². The molecule has 0 saturated heterocycles. The molecule has 1 aliphatic carbocycles. The van der Waals surface area contributed by atoms with Gasteiger partial charge in [0.15, 0.2) is 0 Å². The van der Waals surface area contributed by atoms with Crippen molar-refractivity contribution in [1.82, 2.24) is 0 Å². The molecule has 5 nitrogen and oxygen atoms in total. The number of carbonyl (C=O) groups excluding carboxylic acids is 1. The van der Waals surface area contributed by atoms with Crippen molar-refractivity contribution in [3.63, 3.8) is 0 Å².